The summed E-state index contributed by atoms with van der Waals surface area (Å²) in [4.78, 5) is 11.3. The van der Waals surface area contributed by atoms with Gasteiger partial charge in [0.15, 0.2) is 0 Å². The van der Waals surface area contributed by atoms with Crippen LogP contribution < -0.4 is 0 Å². The van der Waals surface area contributed by atoms with Crippen molar-refractivity contribution in [3.8, 4) is 5.69 Å². The first kappa shape index (κ1) is 11.4. The number of benzene rings is 1. The van der Waals surface area contributed by atoms with Gasteiger partial charge in [0.05, 0.1) is 24.1 Å². The maximum atomic E-state index is 11.3. The number of methoxy groups -OCH3 is 1. The topological polar surface area (TPSA) is 44.1 Å². The van der Waals surface area contributed by atoms with Crippen LogP contribution in [0.15, 0.2) is 30.3 Å². The summed E-state index contributed by atoms with van der Waals surface area (Å²) in [5, 5.41) is 4.38. The Hall–Kier alpha value is -2.10. The molecule has 1 aromatic heterocycles. The third kappa shape index (κ3) is 2.20. The number of carbonyl (C=O) groups is 1. The van der Waals surface area contributed by atoms with Gasteiger partial charge in [0.1, 0.15) is 0 Å². The van der Waals surface area contributed by atoms with Gasteiger partial charge in [-0.2, -0.15) is 5.10 Å². The van der Waals surface area contributed by atoms with E-state index in [9.17, 15) is 4.79 Å². The minimum absolute atomic E-state index is 0.329. The molecular formula is C13H14N2O2. The summed E-state index contributed by atoms with van der Waals surface area (Å²) < 4.78 is 6.49. The van der Waals surface area contributed by atoms with Crippen LogP contribution in [0.3, 0.4) is 0 Å². The van der Waals surface area contributed by atoms with Crippen LogP contribution in [-0.2, 0) is 4.74 Å². The highest BCUT2D eigenvalue weighted by Crippen LogP contribution is 2.13. The van der Waals surface area contributed by atoms with Crippen LogP contribution in [0.5, 0.6) is 0 Å². The Balaban J connectivity index is 2.35. The summed E-state index contributed by atoms with van der Waals surface area (Å²) in [5.41, 5.74) is 3.51. The fraction of sp³-hybridized carbons (Fsp3) is 0.231. The fourth-order valence-electron chi connectivity index (χ4n) is 1.75. The van der Waals surface area contributed by atoms with Crippen LogP contribution in [0.1, 0.15) is 21.7 Å². The summed E-state index contributed by atoms with van der Waals surface area (Å²) in [5.74, 6) is -0.329. The molecule has 4 heteroatoms. The number of esters is 1. The first-order valence-electron chi connectivity index (χ1n) is 5.34. The quantitative estimate of drug-likeness (QED) is 0.743. The molecule has 0 bridgehead atoms. The van der Waals surface area contributed by atoms with Gasteiger partial charge in [-0.15, -0.1) is 0 Å². The Bertz CT molecular complexity index is 541. The van der Waals surface area contributed by atoms with Crippen LogP contribution in [0.4, 0.5) is 0 Å². The first-order valence-corrected chi connectivity index (χ1v) is 5.34. The van der Waals surface area contributed by atoms with Gasteiger partial charge < -0.3 is 4.74 Å². The number of rotatable bonds is 2. The van der Waals surface area contributed by atoms with Crippen LogP contribution in [0.25, 0.3) is 5.69 Å². The zero-order chi connectivity index (χ0) is 12.4. The van der Waals surface area contributed by atoms with Crippen molar-refractivity contribution in [2.45, 2.75) is 13.8 Å². The van der Waals surface area contributed by atoms with E-state index in [1.807, 2.05) is 36.7 Å². The van der Waals surface area contributed by atoms with Gasteiger partial charge in [0.2, 0.25) is 0 Å². The van der Waals surface area contributed by atoms with Crippen molar-refractivity contribution in [3.63, 3.8) is 0 Å². The molecule has 0 aliphatic heterocycles. The first-order chi connectivity index (χ1) is 8.11. The van der Waals surface area contributed by atoms with Crippen molar-refractivity contribution in [2.24, 2.45) is 0 Å². The standard InChI is InChI=1S/C13H14N2O2/c1-9-8-10(2)15(14-9)12-6-4-11(5-7-12)13(16)17-3/h4-8H,1-3H3. The van der Waals surface area contributed by atoms with E-state index in [1.54, 1.807) is 12.1 Å². The third-order valence-corrected chi connectivity index (χ3v) is 2.54. The molecule has 0 aliphatic carbocycles. The molecule has 0 radical (unpaired) electrons. The van der Waals surface area contributed by atoms with Gasteiger partial charge in [-0.1, -0.05) is 0 Å². The van der Waals surface area contributed by atoms with Gasteiger partial charge in [-0.3, -0.25) is 0 Å². The van der Waals surface area contributed by atoms with Crippen molar-refractivity contribution in [1.82, 2.24) is 9.78 Å². The van der Waals surface area contributed by atoms with E-state index in [2.05, 4.69) is 9.84 Å². The molecule has 88 valence electrons. The minimum atomic E-state index is -0.329. The number of carbonyl (C=O) groups excluding carboxylic acids is 1. The van der Waals surface area contributed by atoms with Crippen molar-refractivity contribution >= 4 is 5.97 Å². The predicted molar refractivity (Wildman–Crippen MR) is 64.4 cm³/mol. The van der Waals surface area contributed by atoms with E-state index in [0.717, 1.165) is 17.1 Å². The Labute approximate surface area is 99.8 Å². The molecule has 0 aliphatic rings. The number of ether oxygens (including phenoxy) is 1. The zero-order valence-electron chi connectivity index (χ0n) is 10.1. The Kier molecular flexibility index (Phi) is 2.95. The molecule has 1 heterocycles. The van der Waals surface area contributed by atoms with Crippen molar-refractivity contribution in [2.75, 3.05) is 7.11 Å². The fourth-order valence-corrected chi connectivity index (χ4v) is 1.75. The number of hydrogen-bond donors (Lipinski definition) is 0. The number of hydrogen-bond acceptors (Lipinski definition) is 3. The van der Waals surface area contributed by atoms with Crippen molar-refractivity contribution in [3.05, 3.63) is 47.3 Å². The average Bonchev–Trinajstić information content (AvgIpc) is 2.68. The Morgan fingerprint density at radius 3 is 2.35 bits per heavy atom. The zero-order valence-corrected chi connectivity index (χ0v) is 10.1. The van der Waals surface area contributed by atoms with E-state index in [4.69, 9.17) is 0 Å². The molecule has 2 aromatic rings. The van der Waals surface area contributed by atoms with Crippen molar-refractivity contribution in [1.29, 1.82) is 0 Å². The van der Waals surface area contributed by atoms with Gasteiger partial charge in [-0.05, 0) is 44.2 Å². The predicted octanol–water partition coefficient (Wildman–Crippen LogP) is 2.28. The minimum Gasteiger partial charge on any atom is -0.465 e. The maximum absolute atomic E-state index is 11.3. The molecule has 1 aromatic carbocycles. The molecule has 4 nitrogen and oxygen atoms in total. The molecule has 2 rings (SSSR count). The third-order valence-electron chi connectivity index (χ3n) is 2.54. The summed E-state index contributed by atoms with van der Waals surface area (Å²) in [7, 11) is 1.37. The maximum Gasteiger partial charge on any atom is 0.337 e. The van der Waals surface area contributed by atoms with Gasteiger partial charge in [0, 0.05) is 5.69 Å². The van der Waals surface area contributed by atoms with E-state index >= 15 is 0 Å². The van der Waals surface area contributed by atoms with Gasteiger partial charge in [0.25, 0.3) is 0 Å². The normalized spacial score (nSPS) is 10.3. The lowest BCUT2D eigenvalue weighted by atomic mass is 10.2. The van der Waals surface area contributed by atoms with E-state index < -0.39 is 0 Å². The Morgan fingerprint density at radius 2 is 1.88 bits per heavy atom. The second kappa shape index (κ2) is 4.41. The second-order valence-corrected chi connectivity index (χ2v) is 3.88. The van der Waals surface area contributed by atoms with E-state index in [-0.39, 0.29) is 5.97 Å². The molecule has 0 saturated carbocycles. The monoisotopic (exact) mass is 230 g/mol. The lowest BCUT2D eigenvalue weighted by Gasteiger charge is -2.05. The van der Waals surface area contributed by atoms with Crippen LogP contribution >= 0.6 is 0 Å². The number of aryl methyl sites for hydroxylation is 2. The number of aromatic nitrogens is 2. The smallest absolute Gasteiger partial charge is 0.337 e. The average molecular weight is 230 g/mol. The summed E-state index contributed by atoms with van der Waals surface area (Å²) in [6.07, 6.45) is 0. The highest BCUT2D eigenvalue weighted by atomic mass is 16.5. The molecule has 0 unspecified atom stereocenters. The second-order valence-electron chi connectivity index (χ2n) is 3.88. The molecule has 0 amide bonds. The highest BCUT2D eigenvalue weighted by Gasteiger charge is 2.07. The number of nitrogens with zero attached hydrogens (tertiary/aromatic N) is 2. The van der Waals surface area contributed by atoms with Crippen LogP contribution in [-0.4, -0.2) is 22.9 Å². The van der Waals surface area contributed by atoms with Crippen molar-refractivity contribution < 1.29 is 9.53 Å². The summed E-state index contributed by atoms with van der Waals surface area (Å²) in [6.45, 7) is 3.94. The molecule has 0 atom stereocenters. The lowest BCUT2D eigenvalue weighted by Crippen LogP contribution is -2.03. The molecule has 0 N–H and O–H groups in total. The van der Waals surface area contributed by atoms with E-state index in [1.165, 1.54) is 7.11 Å². The molecule has 17 heavy (non-hydrogen) atoms. The van der Waals surface area contributed by atoms with Crippen LogP contribution in [0, 0.1) is 13.8 Å². The van der Waals surface area contributed by atoms with E-state index in [0.29, 0.717) is 5.56 Å². The molecular weight excluding hydrogens is 216 g/mol. The largest absolute Gasteiger partial charge is 0.465 e. The molecule has 0 saturated heterocycles. The lowest BCUT2D eigenvalue weighted by molar-refractivity contribution is 0.0601. The summed E-state index contributed by atoms with van der Waals surface area (Å²) in [6, 6.07) is 9.18. The Morgan fingerprint density at radius 1 is 1.24 bits per heavy atom. The SMILES string of the molecule is COC(=O)c1ccc(-n2nc(C)cc2C)cc1. The highest BCUT2D eigenvalue weighted by molar-refractivity contribution is 5.89. The van der Waals surface area contributed by atoms with Gasteiger partial charge in [-0.25, -0.2) is 9.48 Å². The van der Waals surface area contributed by atoms with Gasteiger partial charge >= 0.3 is 5.97 Å². The molecule has 0 spiro atoms. The van der Waals surface area contributed by atoms with Crippen LogP contribution in [0.2, 0.25) is 0 Å². The molecule has 0 fully saturated rings. The summed E-state index contributed by atoms with van der Waals surface area (Å²) >= 11 is 0.